The van der Waals surface area contributed by atoms with E-state index in [1.807, 2.05) is 18.9 Å². The Morgan fingerprint density at radius 1 is 1.16 bits per heavy atom. The van der Waals surface area contributed by atoms with Crippen molar-refractivity contribution in [2.45, 2.75) is 63.6 Å². The lowest BCUT2D eigenvalue weighted by Gasteiger charge is -2.57. The minimum absolute atomic E-state index is 0.0663. The van der Waals surface area contributed by atoms with Crippen LogP contribution in [-0.2, 0) is 11.3 Å². The lowest BCUT2D eigenvalue weighted by molar-refractivity contribution is -0.131. The Kier molecular flexibility index (Phi) is 4.35. The maximum atomic E-state index is 13.0. The summed E-state index contributed by atoms with van der Waals surface area (Å²) in [5, 5.41) is 3.46. The molecule has 1 amide bonds. The summed E-state index contributed by atoms with van der Waals surface area (Å²) in [7, 11) is 1.97. The molecule has 4 heteroatoms. The number of likely N-dealkylation sites (N-methyl/N-ethyl adjacent to an activating group) is 1. The smallest absolute Gasteiger partial charge is 0.237 e. The summed E-state index contributed by atoms with van der Waals surface area (Å²) in [6.07, 6.45) is 7.69. The molecular weight excluding hydrogens is 315 g/mol. The maximum absolute atomic E-state index is 13.0. The molecule has 1 aromatic rings. The van der Waals surface area contributed by atoms with Crippen LogP contribution in [0.15, 0.2) is 24.3 Å². The van der Waals surface area contributed by atoms with Crippen LogP contribution in [0.3, 0.4) is 0 Å². The molecule has 4 saturated carbocycles. The van der Waals surface area contributed by atoms with Crippen LogP contribution in [-0.4, -0.2) is 29.4 Å². The summed E-state index contributed by atoms with van der Waals surface area (Å²) in [5.41, 5.74) is 1.09. The summed E-state index contributed by atoms with van der Waals surface area (Å²) in [6, 6.07) is 6.34. The van der Waals surface area contributed by atoms with Gasteiger partial charge in [-0.25, -0.2) is 4.39 Å². The zero-order chi connectivity index (χ0) is 17.6. The third-order valence-corrected chi connectivity index (χ3v) is 6.81. The molecule has 4 bridgehead atoms. The molecule has 136 valence electrons. The number of benzene rings is 1. The van der Waals surface area contributed by atoms with Crippen molar-refractivity contribution in [3.8, 4) is 0 Å². The predicted octanol–water partition coefficient (Wildman–Crippen LogP) is 3.73. The van der Waals surface area contributed by atoms with Crippen LogP contribution in [0.5, 0.6) is 0 Å². The summed E-state index contributed by atoms with van der Waals surface area (Å²) in [4.78, 5) is 14.9. The van der Waals surface area contributed by atoms with Gasteiger partial charge in [-0.05, 0) is 87.9 Å². The van der Waals surface area contributed by atoms with Crippen molar-refractivity contribution in [2.75, 3.05) is 7.05 Å². The molecule has 1 atom stereocenters. The molecule has 0 aromatic heterocycles. The topological polar surface area (TPSA) is 32.3 Å². The van der Waals surface area contributed by atoms with E-state index in [-0.39, 0.29) is 23.3 Å². The maximum Gasteiger partial charge on any atom is 0.237 e. The van der Waals surface area contributed by atoms with Gasteiger partial charge in [0.2, 0.25) is 5.91 Å². The standard InChI is InChI=1S/C21H29FN2O/c1-14(24(2)13-15-3-5-19(22)6-4-15)20(25)23-21-10-16-7-17(11-21)9-18(8-16)12-21/h3-6,14,16-18H,7-13H2,1-2H3,(H,23,25). The Morgan fingerprint density at radius 2 is 1.68 bits per heavy atom. The van der Waals surface area contributed by atoms with E-state index in [9.17, 15) is 9.18 Å². The van der Waals surface area contributed by atoms with Crippen LogP contribution < -0.4 is 5.32 Å². The minimum atomic E-state index is -0.223. The van der Waals surface area contributed by atoms with Crippen LogP contribution >= 0.6 is 0 Å². The Morgan fingerprint density at radius 3 is 2.20 bits per heavy atom. The van der Waals surface area contributed by atoms with Crippen molar-refractivity contribution in [1.29, 1.82) is 0 Å². The summed E-state index contributed by atoms with van der Waals surface area (Å²) >= 11 is 0. The number of nitrogens with zero attached hydrogens (tertiary/aromatic N) is 1. The van der Waals surface area contributed by atoms with Gasteiger partial charge in [0.05, 0.1) is 6.04 Å². The molecule has 1 N–H and O–H groups in total. The minimum Gasteiger partial charge on any atom is -0.349 e. The van der Waals surface area contributed by atoms with E-state index in [1.54, 1.807) is 12.1 Å². The van der Waals surface area contributed by atoms with E-state index in [0.29, 0.717) is 6.54 Å². The quantitative estimate of drug-likeness (QED) is 0.883. The number of carbonyl (C=O) groups is 1. The Balaban J connectivity index is 1.38. The zero-order valence-corrected chi connectivity index (χ0v) is 15.3. The third kappa shape index (κ3) is 3.46. The average molecular weight is 344 g/mol. The second-order valence-electron chi connectivity index (χ2n) is 8.90. The summed E-state index contributed by atoms with van der Waals surface area (Å²) in [6.45, 7) is 2.62. The average Bonchev–Trinajstić information content (AvgIpc) is 2.54. The van der Waals surface area contributed by atoms with Gasteiger partial charge >= 0.3 is 0 Å². The first-order chi connectivity index (χ1) is 11.9. The van der Waals surface area contributed by atoms with Crippen LogP contribution in [0.4, 0.5) is 4.39 Å². The third-order valence-electron chi connectivity index (χ3n) is 6.81. The van der Waals surface area contributed by atoms with Gasteiger partial charge in [0.1, 0.15) is 5.82 Å². The lowest BCUT2D eigenvalue weighted by Crippen LogP contribution is -2.62. The molecule has 4 aliphatic carbocycles. The van der Waals surface area contributed by atoms with Crippen LogP contribution in [0.2, 0.25) is 0 Å². The zero-order valence-electron chi connectivity index (χ0n) is 15.3. The highest BCUT2D eigenvalue weighted by Gasteiger charge is 2.51. The van der Waals surface area contributed by atoms with Crippen molar-refractivity contribution in [3.05, 3.63) is 35.6 Å². The number of nitrogens with one attached hydrogen (secondary N) is 1. The molecule has 3 nitrogen and oxygen atoms in total. The molecule has 4 fully saturated rings. The van der Waals surface area contributed by atoms with E-state index >= 15 is 0 Å². The first-order valence-electron chi connectivity index (χ1n) is 9.69. The van der Waals surface area contributed by atoms with Gasteiger partial charge in [0, 0.05) is 12.1 Å². The number of hydrogen-bond acceptors (Lipinski definition) is 2. The lowest BCUT2D eigenvalue weighted by atomic mass is 9.53. The van der Waals surface area contributed by atoms with Gasteiger partial charge < -0.3 is 5.32 Å². The molecule has 4 aliphatic rings. The number of carbonyl (C=O) groups excluding carboxylic acids is 1. The number of halogens is 1. The summed E-state index contributed by atoms with van der Waals surface area (Å²) < 4.78 is 13.0. The molecule has 5 rings (SSSR count). The van der Waals surface area contributed by atoms with Crippen molar-refractivity contribution in [1.82, 2.24) is 10.2 Å². The second-order valence-corrected chi connectivity index (χ2v) is 8.90. The molecule has 0 heterocycles. The summed E-state index contributed by atoms with van der Waals surface area (Å²) in [5.74, 6) is 2.42. The van der Waals surface area contributed by atoms with E-state index in [2.05, 4.69) is 5.32 Å². The highest BCUT2D eigenvalue weighted by molar-refractivity contribution is 5.82. The highest BCUT2D eigenvalue weighted by atomic mass is 19.1. The fraction of sp³-hybridized carbons (Fsp3) is 0.667. The first-order valence-corrected chi connectivity index (χ1v) is 9.69. The van der Waals surface area contributed by atoms with E-state index in [1.165, 1.54) is 50.7 Å². The molecular formula is C21H29FN2O. The number of amides is 1. The van der Waals surface area contributed by atoms with Crippen molar-refractivity contribution < 1.29 is 9.18 Å². The molecule has 1 aromatic carbocycles. The monoisotopic (exact) mass is 344 g/mol. The molecule has 0 aliphatic heterocycles. The van der Waals surface area contributed by atoms with E-state index in [4.69, 9.17) is 0 Å². The Labute approximate surface area is 150 Å². The van der Waals surface area contributed by atoms with Crippen LogP contribution in [0.1, 0.15) is 51.0 Å². The normalized spacial score (nSPS) is 34.3. The van der Waals surface area contributed by atoms with Crippen molar-refractivity contribution in [2.24, 2.45) is 17.8 Å². The molecule has 0 radical (unpaired) electrons. The van der Waals surface area contributed by atoms with E-state index in [0.717, 1.165) is 23.3 Å². The Hall–Kier alpha value is -1.42. The highest BCUT2D eigenvalue weighted by Crippen LogP contribution is 2.55. The number of rotatable bonds is 5. The van der Waals surface area contributed by atoms with Crippen molar-refractivity contribution >= 4 is 5.91 Å². The van der Waals surface area contributed by atoms with Gasteiger partial charge in [-0.2, -0.15) is 0 Å². The van der Waals surface area contributed by atoms with Crippen LogP contribution in [0.25, 0.3) is 0 Å². The molecule has 0 spiro atoms. The largest absolute Gasteiger partial charge is 0.349 e. The predicted molar refractivity (Wildman–Crippen MR) is 96.4 cm³/mol. The van der Waals surface area contributed by atoms with Gasteiger partial charge in [-0.3, -0.25) is 9.69 Å². The first kappa shape index (κ1) is 17.0. The molecule has 25 heavy (non-hydrogen) atoms. The Bertz CT molecular complexity index is 607. The van der Waals surface area contributed by atoms with Crippen molar-refractivity contribution in [3.63, 3.8) is 0 Å². The fourth-order valence-corrected chi connectivity index (χ4v) is 5.84. The van der Waals surface area contributed by atoms with E-state index < -0.39 is 0 Å². The SMILES string of the molecule is CC(C(=O)NC12CC3CC(CC(C3)C1)C2)N(C)Cc1ccc(F)cc1. The second kappa shape index (κ2) is 6.39. The molecule has 1 unspecified atom stereocenters. The van der Waals surface area contributed by atoms with Gasteiger partial charge in [-0.15, -0.1) is 0 Å². The van der Waals surface area contributed by atoms with Gasteiger partial charge in [0.15, 0.2) is 0 Å². The number of hydrogen-bond donors (Lipinski definition) is 1. The van der Waals surface area contributed by atoms with Crippen LogP contribution in [0, 0.1) is 23.6 Å². The van der Waals surface area contributed by atoms with Gasteiger partial charge in [0.25, 0.3) is 0 Å². The molecule has 0 saturated heterocycles. The fourth-order valence-electron chi connectivity index (χ4n) is 5.84. The van der Waals surface area contributed by atoms with Gasteiger partial charge in [-0.1, -0.05) is 12.1 Å².